The number of hydrogen-bond acceptors (Lipinski definition) is 7. The zero-order valence-corrected chi connectivity index (χ0v) is 29.7. The molecule has 1 aliphatic rings. The van der Waals surface area contributed by atoms with E-state index in [1.807, 2.05) is 18.6 Å². The molecule has 1 fully saturated rings. The van der Waals surface area contributed by atoms with Crippen molar-refractivity contribution >= 4 is 31.9 Å². The summed E-state index contributed by atoms with van der Waals surface area (Å²) in [6, 6.07) is 13.2. The molecule has 1 saturated heterocycles. The van der Waals surface area contributed by atoms with Crippen molar-refractivity contribution in [2.24, 2.45) is 0 Å². The maximum atomic E-state index is 13.6. The zero-order valence-electron chi connectivity index (χ0n) is 28.1. The van der Waals surface area contributed by atoms with Gasteiger partial charge in [-0.25, -0.2) is 31.3 Å². The molecule has 3 aromatic carbocycles. The molecule has 4 aromatic rings. The molecule has 0 radical (unpaired) electrons. The van der Waals surface area contributed by atoms with Crippen molar-refractivity contribution in [1.82, 2.24) is 19.4 Å². The van der Waals surface area contributed by atoms with Gasteiger partial charge in [-0.1, -0.05) is 30.3 Å². The molecule has 2 atom stereocenters. The van der Waals surface area contributed by atoms with Crippen LogP contribution in [0.3, 0.4) is 0 Å². The van der Waals surface area contributed by atoms with Gasteiger partial charge in [0.1, 0.15) is 11.1 Å². The molecule has 0 aliphatic carbocycles. The first-order valence-corrected chi connectivity index (χ1v) is 18.3. The number of rotatable bonds is 8. The lowest BCUT2D eigenvalue weighted by Crippen LogP contribution is -2.31. The van der Waals surface area contributed by atoms with Crippen molar-refractivity contribution in [2.45, 2.75) is 76.7 Å². The van der Waals surface area contributed by atoms with E-state index in [0.29, 0.717) is 11.4 Å². The molecule has 1 aromatic heterocycles. The van der Waals surface area contributed by atoms with Crippen LogP contribution in [0.25, 0.3) is 11.3 Å². The Labute approximate surface area is 288 Å². The fourth-order valence-corrected chi connectivity index (χ4v) is 8.14. The molecular weight excluding hydrogens is 698 g/mol. The summed E-state index contributed by atoms with van der Waals surface area (Å²) in [7, 11) is -7.70. The Morgan fingerprint density at radius 3 is 2.12 bits per heavy atom. The minimum absolute atomic E-state index is 0.132. The summed E-state index contributed by atoms with van der Waals surface area (Å²) >= 11 is 0. The smallest absolute Gasteiger partial charge is 0.475 e. The van der Waals surface area contributed by atoms with E-state index in [-0.39, 0.29) is 17.7 Å². The molecule has 2 unspecified atom stereocenters. The number of sulfonamides is 2. The van der Waals surface area contributed by atoms with Gasteiger partial charge in [0, 0.05) is 5.56 Å². The van der Waals surface area contributed by atoms with Crippen LogP contribution >= 0.6 is 0 Å². The fraction of sp³-hybridized carbons (Fsp3) is 0.324. The number of carbonyl (C=O) groups excluding carboxylic acids is 1. The maximum Gasteiger partial charge on any atom is 0.490 e. The van der Waals surface area contributed by atoms with Crippen LogP contribution in [-0.2, 0) is 36.1 Å². The van der Waals surface area contributed by atoms with E-state index in [2.05, 4.69) is 48.5 Å². The van der Waals surface area contributed by atoms with Crippen molar-refractivity contribution in [3.63, 3.8) is 0 Å². The first-order chi connectivity index (χ1) is 23.1. The number of nitrogens with zero attached hydrogens (tertiary/aromatic N) is 1. The largest absolute Gasteiger partial charge is 0.490 e. The van der Waals surface area contributed by atoms with E-state index >= 15 is 0 Å². The van der Waals surface area contributed by atoms with Crippen molar-refractivity contribution in [2.75, 3.05) is 0 Å². The zero-order chi connectivity index (χ0) is 37.3. The van der Waals surface area contributed by atoms with Gasteiger partial charge in [-0.15, -0.1) is 0 Å². The van der Waals surface area contributed by atoms with Gasteiger partial charge in [-0.3, -0.25) is 9.52 Å². The number of carboxylic acid groups (broad SMARTS) is 1. The van der Waals surface area contributed by atoms with Gasteiger partial charge >= 0.3 is 12.1 Å². The highest BCUT2D eigenvalue weighted by atomic mass is 32.2. The number of amides is 1. The summed E-state index contributed by atoms with van der Waals surface area (Å²) in [6.07, 6.45) is -3.25. The Kier molecular flexibility index (Phi) is 11.0. The third-order valence-corrected chi connectivity index (χ3v) is 12.0. The van der Waals surface area contributed by atoms with Gasteiger partial charge in [0.2, 0.25) is 26.0 Å². The average Bonchev–Trinajstić information content (AvgIpc) is 3.62. The minimum Gasteiger partial charge on any atom is -0.475 e. The molecule has 5 rings (SSSR count). The Balaban J connectivity index is 0.000000727. The first-order valence-electron chi connectivity index (χ1n) is 15.3. The van der Waals surface area contributed by atoms with Crippen LogP contribution in [0.1, 0.15) is 68.0 Å². The van der Waals surface area contributed by atoms with Crippen LogP contribution in [0.15, 0.2) is 59.6 Å². The summed E-state index contributed by atoms with van der Waals surface area (Å²) < 4.78 is 88.5. The standard InChI is InChI=1S/C32H36N4O5S2.C2HF3O2/c1-18-7-12-26(13-19(18)2)42(38,39)35-28(15-24-8-10-25(11-9-24)30-16-31(37)36-43(30,40)41)32-33-17-29(34-32)27-14-20(3)21(4)22(5)23(27)6;3-2(4,5)1(6)7/h7-14,17,28,30,35H,15-16H2,1-6H3,(H,33,34)(H,36,37);(H,6,7). The van der Waals surface area contributed by atoms with E-state index in [0.717, 1.165) is 39.1 Å². The summed E-state index contributed by atoms with van der Waals surface area (Å²) in [6.45, 7) is 12.1. The van der Waals surface area contributed by atoms with Gasteiger partial charge in [-0.2, -0.15) is 13.2 Å². The molecule has 1 aliphatic heterocycles. The predicted octanol–water partition coefficient (Wildman–Crippen LogP) is 5.71. The maximum absolute atomic E-state index is 13.6. The molecule has 11 nitrogen and oxygen atoms in total. The van der Waals surface area contributed by atoms with E-state index in [9.17, 15) is 34.8 Å². The Morgan fingerprint density at radius 2 is 1.58 bits per heavy atom. The molecule has 2 heterocycles. The summed E-state index contributed by atoms with van der Waals surface area (Å²) in [5.74, 6) is -2.83. The molecule has 0 spiro atoms. The third-order valence-electron chi connectivity index (χ3n) is 8.82. The lowest BCUT2D eigenvalue weighted by Gasteiger charge is -2.18. The molecule has 50 heavy (non-hydrogen) atoms. The first kappa shape index (κ1) is 38.3. The highest BCUT2D eigenvalue weighted by molar-refractivity contribution is 7.90. The van der Waals surface area contributed by atoms with Crippen LogP contribution in [0.4, 0.5) is 13.2 Å². The third kappa shape index (κ3) is 8.60. The van der Waals surface area contributed by atoms with Crippen molar-refractivity contribution in [3.8, 4) is 11.3 Å². The number of hydrogen-bond donors (Lipinski definition) is 4. The number of carboxylic acids is 1. The van der Waals surface area contributed by atoms with E-state index in [4.69, 9.17) is 9.90 Å². The number of aromatic nitrogens is 2. The van der Waals surface area contributed by atoms with Gasteiger partial charge in [0.25, 0.3) is 0 Å². The number of alkyl halides is 3. The van der Waals surface area contributed by atoms with Gasteiger partial charge in [-0.05, 0) is 111 Å². The van der Waals surface area contributed by atoms with E-state index in [1.54, 1.807) is 48.7 Å². The topological polar surface area (TPSA) is 175 Å². The Bertz CT molecular complexity index is 2160. The van der Waals surface area contributed by atoms with Crippen molar-refractivity contribution < 1.29 is 44.7 Å². The molecule has 16 heteroatoms. The molecule has 1 amide bonds. The number of imidazole rings is 1. The number of H-pyrrole nitrogens is 1. The molecule has 0 saturated carbocycles. The molecule has 268 valence electrons. The quantitative estimate of drug-likeness (QED) is 0.178. The van der Waals surface area contributed by atoms with Gasteiger partial charge in [0.05, 0.1) is 29.2 Å². The molecule has 0 bridgehead atoms. The summed E-state index contributed by atoms with van der Waals surface area (Å²) in [5, 5.41) is 6.17. The van der Waals surface area contributed by atoms with Crippen LogP contribution in [0.5, 0.6) is 0 Å². The highest BCUT2D eigenvalue weighted by Crippen LogP contribution is 2.32. The second-order valence-corrected chi connectivity index (χ2v) is 15.8. The Morgan fingerprint density at radius 1 is 0.960 bits per heavy atom. The fourth-order valence-electron chi connectivity index (χ4n) is 5.42. The number of carbonyl (C=O) groups is 2. The molecule has 4 N–H and O–H groups in total. The number of aliphatic carboxylic acids is 1. The minimum atomic E-state index is -5.08. The number of benzene rings is 3. The monoisotopic (exact) mass is 734 g/mol. The number of aromatic amines is 1. The van der Waals surface area contributed by atoms with Crippen LogP contribution < -0.4 is 9.44 Å². The van der Waals surface area contributed by atoms with Gasteiger partial charge in [0.15, 0.2) is 0 Å². The normalized spacial score (nSPS) is 16.3. The van der Waals surface area contributed by atoms with Gasteiger partial charge < -0.3 is 10.1 Å². The van der Waals surface area contributed by atoms with E-state index < -0.39 is 49.4 Å². The summed E-state index contributed by atoms with van der Waals surface area (Å²) in [4.78, 5) is 28.8. The van der Waals surface area contributed by atoms with Crippen LogP contribution in [0.2, 0.25) is 0 Å². The second kappa shape index (κ2) is 14.4. The summed E-state index contributed by atoms with van der Waals surface area (Å²) in [5.41, 5.74) is 9.61. The van der Waals surface area contributed by atoms with Crippen molar-refractivity contribution in [1.29, 1.82) is 0 Å². The van der Waals surface area contributed by atoms with E-state index in [1.165, 1.54) is 11.1 Å². The average molecular weight is 735 g/mol. The highest BCUT2D eigenvalue weighted by Gasteiger charge is 2.39. The lowest BCUT2D eigenvalue weighted by molar-refractivity contribution is -0.192. The van der Waals surface area contributed by atoms with Crippen LogP contribution in [0, 0.1) is 41.5 Å². The number of nitrogens with one attached hydrogen (secondary N) is 3. The van der Waals surface area contributed by atoms with Crippen LogP contribution in [-0.4, -0.2) is 50.0 Å². The lowest BCUT2D eigenvalue weighted by atomic mass is 9.93. The van der Waals surface area contributed by atoms with Crippen molar-refractivity contribution in [3.05, 3.63) is 105 Å². The number of aryl methyl sites for hydroxylation is 3. The SMILES string of the molecule is Cc1ccc(S(=O)(=O)NC(Cc2ccc(C3CC(=O)NS3(=O)=O)cc2)c2ncc(-c3cc(C)c(C)c(C)c3C)[nH]2)cc1C.O=C(O)C(F)(F)F. The number of halogens is 3. The predicted molar refractivity (Wildman–Crippen MR) is 180 cm³/mol. The second-order valence-electron chi connectivity index (χ2n) is 12.2. The molecular formula is C34H37F3N4O7S2. The Hall–Kier alpha value is -4.54.